The molecule has 4 atom stereocenters. The fourth-order valence-electron chi connectivity index (χ4n) is 3.03. The first-order valence-electron chi connectivity index (χ1n) is 9.53. The Kier molecular flexibility index (Phi) is 11.6. The lowest BCUT2D eigenvalue weighted by Gasteiger charge is -2.17. The zero-order valence-electron chi connectivity index (χ0n) is 16.2. The van der Waals surface area contributed by atoms with Crippen molar-refractivity contribution in [2.24, 2.45) is 0 Å². The van der Waals surface area contributed by atoms with Crippen LogP contribution in [0.2, 0.25) is 0 Å². The largest absolute Gasteiger partial charge is 0.457 e. The van der Waals surface area contributed by atoms with E-state index in [-0.39, 0.29) is 44.0 Å². The normalized spacial score (nSPS) is 26.2. The Labute approximate surface area is 174 Å². The van der Waals surface area contributed by atoms with Crippen LogP contribution in [0.1, 0.15) is 25.7 Å². The fourth-order valence-corrected chi connectivity index (χ4v) is 4.35. The Hall–Kier alpha value is -0.520. The predicted molar refractivity (Wildman–Crippen MR) is 106 cm³/mol. The molecule has 0 saturated carbocycles. The maximum absolute atomic E-state index is 12.0. The molecule has 2 saturated heterocycles. The van der Waals surface area contributed by atoms with Gasteiger partial charge in [0, 0.05) is 25.7 Å². The van der Waals surface area contributed by atoms with Crippen LogP contribution in [-0.4, -0.2) is 91.6 Å². The average molecular weight is 439 g/mol. The third-order valence-electron chi connectivity index (χ3n) is 4.30. The Morgan fingerprint density at radius 1 is 0.929 bits per heavy atom. The predicted octanol–water partition coefficient (Wildman–Crippen LogP) is 1.23. The molecule has 2 fully saturated rings. The molecule has 0 radical (unpaired) electrons. The minimum absolute atomic E-state index is 0.146. The number of esters is 2. The highest BCUT2D eigenvalue weighted by molar-refractivity contribution is 7.99. The van der Waals surface area contributed by atoms with Crippen molar-refractivity contribution < 1.29 is 38.4 Å². The van der Waals surface area contributed by atoms with Crippen molar-refractivity contribution in [1.82, 2.24) is 0 Å². The molecule has 0 aromatic carbocycles. The van der Waals surface area contributed by atoms with E-state index in [9.17, 15) is 9.59 Å². The molecule has 8 nitrogen and oxygen atoms in total. The van der Waals surface area contributed by atoms with Gasteiger partial charge in [0.2, 0.25) is 0 Å². The summed E-state index contributed by atoms with van der Waals surface area (Å²) < 4.78 is 27.3. The molecule has 1 N–H and O–H groups in total. The van der Waals surface area contributed by atoms with Gasteiger partial charge in [-0.25, -0.2) is 0 Å². The van der Waals surface area contributed by atoms with Crippen molar-refractivity contribution in [3.05, 3.63) is 0 Å². The molecular weight excluding hydrogens is 408 g/mol. The first-order valence-corrected chi connectivity index (χ1v) is 11.8. The number of aliphatic hydroxyl groups is 1. The number of carbonyl (C=O) groups is 2. The van der Waals surface area contributed by atoms with Gasteiger partial charge in [0.15, 0.2) is 12.2 Å². The Morgan fingerprint density at radius 3 is 1.96 bits per heavy atom. The molecule has 2 rings (SSSR count). The van der Waals surface area contributed by atoms with E-state index in [0.29, 0.717) is 31.0 Å². The average Bonchev–Trinajstić information content (AvgIpc) is 3.25. The lowest BCUT2D eigenvalue weighted by atomic mass is 10.1. The maximum atomic E-state index is 12.0. The molecule has 162 valence electrons. The Bertz CT molecular complexity index is 437. The van der Waals surface area contributed by atoms with Gasteiger partial charge in [0.25, 0.3) is 0 Å². The number of methoxy groups -OCH3 is 1. The van der Waals surface area contributed by atoms with Crippen molar-refractivity contribution in [2.45, 2.75) is 50.1 Å². The second-order valence-corrected chi connectivity index (χ2v) is 8.79. The second-order valence-electron chi connectivity index (χ2n) is 6.51. The fraction of sp³-hybridized carbons (Fsp3) is 0.889. The molecule has 0 bridgehead atoms. The van der Waals surface area contributed by atoms with E-state index < -0.39 is 12.2 Å². The summed E-state index contributed by atoms with van der Waals surface area (Å²) in [6.45, 7) is 0.654. The summed E-state index contributed by atoms with van der Waals surface area (Å²) in [6, 6.07) is 0. The highest BCUT2D eigenvalue weighted by Gasteiger charge is 2.51. The number of carbonyl (C=O) groups excluding carboxylic acids is 2. The summed E-state index contributed by atoms with van der Waals surface area (Å²) in [7, 11) is 1.64. The zero-order chi connectivity index (χ0) is 20.2. The van der Waals surface area contributed by atoms with Gasteiger partial charge in [-0.3, -0.25) is 9.59 Å². The molecule has 2 aliphatic rings. The number of thioether (sulfide) groups is 2. The van der Waals surface area contributed by atoms with Gasteiger partial charge >= 0.3 is 11.9 Å². The number of hydrogen-bond acceptors (Lipinski definition) is 10. The number of aliphatic hydroxyl groups excluding tert-OH is 1. The van der Waals surface area contributed by atoms with Crippen LogP contribution >= 0.6 is 23.5 Å². The van der Waals surface area contributed by atoms with Gasteiger partial charge in [-0.15, -0.1) is 11.8 Å². The standard InChI is InChI=1S/C18H30O8S2/c1-22-12-28-8-3-5-16(21)26-14-11-24-17-13(10-23-18(14)17)25-15(20)4-2-7-27-9-6-19/h13-14,17-19H,2-12H2,1H3/t13-,14+,17?,18?/m1/s1. The molecule has 2 aliphatic heterocycles. The molecule has 10 heteroatoms. The first-order chi connectivity index (χ1) is 13.7. The molecule has 0 aromatic rings. The van der Waals surface area contributed by atoms with E-state index >= 15 is 0 Å². The topological polar surface area (TPSA) is 101 Å². The summed E-state index contributed by atoms with van der Waals surface area (Å²) >= 11 is 3.23. The Balaban J connectivity index is 1.63. The van der Waals surface area contributed by atoms with E-state index in [2.05, 4.69) is 0 Å². The van der Waals surface area contributed by atoms with Crippen LogP contribution in [0.25, 0.3) is 0 Å². The quantitative estimate of drug-likeness (QED) is 0.242. The smallest absolute Gasteiger partial charge is 0.306 e. The van der Waals surface area contributed by atoms with Gasteiger partial charge in [0.05, 0.1) is 25.8 Å². The first kappa shape index (κ1) is 23.8. The molecule has 0 amide bonds. The van der Waals surface area contributed by atoms with E-state index in [0.717, 1.165) is 17.9 Å². The molecule has 2 heterocycles. The van der Waals surface area contributed by atoms with Crippen LogP contribution in [-0.2, 0) is 33.3 Å². The Morgan fingerprint density at radius 2 is 1.46 bits per heavy atom. The SMILES string of the molecule is COCSCCCC(=O)O[C@H]1COC2C1OC[C@H]2OC(=O)CCCSCCO. The van der Waals surface area contributed by atoms with E-state index in [1.54, 1.807) is 30.6 Å². The van der Waals surface area contributed by atoms with Crippen LogP contribution in [0.4, 0.5) is 0 Å². The number of hydrogen-bond donors (Lipinski definition) is 1. The number of fused-ring (bicyclic) bond motifs is 1. The molecule has 0 aliphatic carbocycles. The van der Waals surface area contributed by atoms with Crippen molar-refractivity contribution in [1.29, 1.82) is 0 Å². The molecular formula is C18H30O8S2. The minimum Gasteiger partial charge on any atom is -0.457 e. The van der Waals surface area contributed by atoms with Crippen LogP contribution in [0.5, 0.6) is 0 Å². The highest BCUT2D eigenvalue weighted by atomic mass is 32.2. The zero-order valence-corrected chi connectivity index (χ0v) is 17.8. The molecule has 28 heavy (non-hydrogen) atoms. The van der Waals surface area contributed by atoms with Gasteiger partial charge in [-0.05, 0) is 24.3 Å². The summed E-state index contributed by atoms with van der Waals surface area (Å²) in [4.78, 5) is 24.0. The third kappa shape index (κ3) is 8.08. The van der Waals surface area contributed by atoms with Crippen molar-refractivity contribution in [3.8, 4) is 0 Å². The molecule has 0 aromatic heterocycles. The van der Waals surface area contributed by atoms with Gasteiger partial charge in [-0.1, -0.05) is 0 Å². The van der Waals surface area contributed by atoms with Crippen LogP contribution in [0.15, 0.2) is 0 Å². The lowest BCUT2D eigenvalue weighted by molar-refractivity contribution is -0.155. The maximum Gasteiger partial charge on any atom is 0.306 e. The summed E-state index contributed by atoms with van der Waals surface area (Å²) in [6.07, 6.45) is 0.413. The summed E-state index contributed by atoms with van der Waals surface area (Å²) in [5.41, 5.74) is 0. The monoisotopic (exact) mass is 438 g/mol. The van der Waals surface area contributed by atoms with Gasteiger partial charge in [-0.2, -0.15) is 11.8 Å². The van der Waals surface area contributed by atoms with Crippen molar-refractivity contribution in [2.75, 3.05) is 50.1 Å². The lowest BCUT2D eigenvalue weighted by Crippen LogP contribution is -2.36. The third-order valence-corrected chi connectivity index (χ3v) is 6.33. The second kappa shape index (κ2) is 13.7. The van der Waals surface area contributed by atoms with Crippen molar-refractivity contribution in [3.63, 3.8) is 0 Å². The van der Waals surface area contributed by atoms with Crippen LogP contribution < -0.4 is 0 Å². The van der Waals surface area contributed by atoms with E-state index in [1.807, 2.05) is 0 Å². The molecule has 2 unspecified atom stereocenters. The molecule has 0 spiro atoms. The van der Waals surface area contributed by atoms with E-state index in [1.165, 1.54) is 0 Å². The van der Waals surface area contributed by atoms with Crippen molar-refractivity contribution >= 4 is 35.5 Å². The van der Waals surface area contributed by atoms with Gasteiger partial charge in [0.1, 0.15) is 12.2 Å². The summed E-state index contributed by atoms with van der Waals surface area (Å²) in [5.74, 6) is 2.39. The number of rotatable bonds is 14. The summed E-state index contributed by atoms with van der Waals surface area (Å²) in [5, 5.41) is 8.72. The highest BCUT2D eigenvalue weighted by Crippen LogP contribution is 2.31. The van der Waals surface area contributed by atoms with Crippen LogP contribution in [0, 0.1) is 0 Å². The van der Waals surface area contributed by atoms with Gasteiger partial charge < -0.3 is 28.8 Å². The van der Waals surface area contributed by atoms with Crippen LogP contribution in [0.3, 0.4) is 0 Å². The minimum atomic E-state index is -0.461. The number of ether oxygens (including phenoxy) is 5. The van der Waals surface area contributed by atoms with E-state index in [4.69, 9.17) is 28.8 Å².